The first kappa shape index (κ1) is 11.1. The van der Waals surface area contributed by atoms with Gasteiger partial charge in [0.1, 0.15) is 5.82 Å². The Morgan fingerprint density at radius 2 is 1.79 bits per heavy atom. The smallest absolute Gasteiger partial charge is 0.129 e. The van der Waals surface area contributed by atoms with Crippen molar-refractivity contribution < 1.29 is 13.9 Å². The number of hydrogen-bond acceptors (Lipinski definition) is 2. The Hall–Kier alpha value is -0.930. The molecular formula is C11H15FO2. The van der Waals surface area contributed by atoms with E-state index >= 15 is 0 Å². The van der Waals surface area contributed by atoms with Gasteiger partial charge in [0.25, 0.3) is 0 Å². The van der Waals surface area contributed by atoms with Crippen LogP contribution in [0.4, 0.5) is 4.39 Å². The maximum Gasteiger partial charge on any atom is 0.129 e. The van der Waals surface area contributed by atoms with E-state index in [1.165, 1.54) is 6.07 Å². The summed E-state index contributed by atoms with van der Waals surface area (Å²) in [5, 5.41) is 0. The van der Waals surface area contributed by atoms with Crippen LogP contribution in [0.5, 0.6) is 0 Å². The molecule has 3 heteroatoms. The van der Waals surface area contributed by atoms with Crippen molar-refractivity contribution >= 4 is 0 Å². The standard InChI is InChI=1S/C11H15FO2/c1-8-4-9(6-13-2)10(7-14-3)11(12)5-8/h4-5H,6-7H2,1-3H3. The summed E-state index contributed by atoms with van der Waals surface area (Å²) in [5.41, 5.74) is 2.33. The zero-order valence-corrected chi connectivity index (χ0v) is 8.76. The molecule has 0 aromatic heterocycles. The first-order valence-electron chi connectivity index (χ1n) is 4.44. The molecular weight excluding hydrogens is 183 g/mol. The SMILES string of the molecule is COCc1cc(C)cc(F)c1COC. The molecule has 0 unspecified atom stereocenters. The zero-order valence-electron chi connectivity index (χ0n) is 8.76. The quantitative estimate of drug-likeness (QED) is 0.739. The third-order valence-electron chi connectivity index (χ3n) is 2.02. The molecule has 0 saturated heterocycles. The summed E-state index contributed by atoms with van der Waals surface area (Å²) >= 11 is 0. The van der Waals surface area contributed by atoms with E-state index in [0.29, 0.717) is 12.2 Å². The summed E-state index contributed by atoms with van der Waals surface area (Å²) in [7, 11) is 3.15. The summed E-state index contributed by atoms with van der Waals surface area (Å²) in [4.78, 5) is 0. The maximum absolute atomic E-state index is 13.5. The van der Waals surface area contributed by atoms with Crippen molar-refractivity contribution in [2.24, 2.45) is 0 Å². The molecule has 1 rings (SSSR count). The highest BCUT2D eigenvalue weighted by molar-refractivity contribution is 5.32. The minimum atomic E-state index is -0.223. The highest BCUT2D eigenvalue weighted by atomic mass is 19.1. The van der Waals surface area contributed by atoms with E-state index in [-0.39, 0.29) is 12.4 Å². The molecule has 0 N–H and O–H groups in total. The molecule has 14 heavy (non-hydrogen) atoms. The van der Waals surface area contributed by atoms with Gasteiger partial charge in [0.2, 0.25) is 0 Å². The van der Waals surface area contributed by atoms with Crippen molar-refractivity contribution in [3.05, 3.63) is 34.6 Å². The molecule has 0 radical (unpaired) electrons. The minimum Gasteiger partial charge on any atom is -0.380 e. The molecule has 1 aromatic carbocycles. The Morgan fingerprint density at radius 3 is 2.36 bits per heavy atom. The fraction of sp³-hybridized carbons (Fsp3) is 0.455. The van der Waals surface area contributed by atoms with Gasteiger partial charge in [-0.15, -0.1) is 0 Å². The molecule has 0 amide bonds. The molecule has 0 aliphatic rings. The topological polar surface area (TPSA) is 18.5 Å². The van der Waals surface area contributed by atoms with Gasteiger partial charge < -0.3 is 9.47 Å². The van der Waals surface area contributed by atoms with Gasteiger partial charge in [-0.1, -0.05) is 6.07 Å². The van der Waals surface area contributed by atoms with Crippen LogP contribution in [0.15, 0.2) is 12.1 Å². The Labute approximate surface area is 83.6 Å². The first-order chi connectivity index (χ1) is 6.69. The van der Waals surface area contributed by atoms with Crippen LogP contribution in [0.25, 0.3) is 0 Å². The van der Waals surface area contributed by atoms with Gasteiger partial charge in [0, 0.05) is 19.8 Å². The van der Waals surface area contributed by atoms with Crippen molar-refractivity contribution in [1.29, 1.82) is 0 Å². The number of halogens is 1. The van der Waals surface area contributed by atoms with Gasteiger partial charge >= 0.3 is 0 Å². The van der Waals surface area contributed by atoms with Crippen LogP contribution in [0, 0.1) is 12.7 Å². The average molecular weight is 198 g/mol. The summed E-state index contributed by atoms with van der Waals surface area (Å²) in [6.45, 7) is 2.56. The largest absolute Gasteiger partial charge is 0.380 e. The fourth-order valence-electron chi connectivity index (χ4n) is 1.43. The number of ether oxygens (including phenoxy) is 2. The van der Waals surface area contributed by atoms with E-state index in [2.05, 4.69) is 0 Å². The van der Waals surface area contributed by atoms with Crippen molar-refractivity contribution in [1.82, 2.24) is 0 Å². The van der Waals surface area contributed by atoms with E-state index in [9.17, 15) is 4.39 Å². The lowest BCUT2D eigenvalue weighted by molar-refractivity contribution is 0.165. The van der Waals surface area contributed by atoms with Crippen LogP contribution in [-0.4, -0.2) is 14.2 Å². The molecule has 0 spiro atoms. The molecule has 0 atom stereocenters. The normalized spacial score (nSPS) is 10.6. The molecule has 0 saturated carbocycles. The lowest BCUT2D eigenvalue weighted by atomic mass is 10.0. The first-order valence-corrected chi connectivity index (χ1v) is 4.44. The van der Waals surface area contributed by atoms with Crippen LogP contribution >= 0.6 is 0 Å². The van der Waals surface area contributed by atoms with E-state index in [1.54, 1.807) is 14.2 Å². The Balaban J connectivity index is 3.07. The third kappa shape index (κ3) is 2.53. The Morgan fingerprint density at radius 1 is 1.14 bits per heavy atom. The van der Waals surface area contributed by atoms with E-state index in [1.807, 2.05) is 13.0 Å². The van der Waals surface area contributed by atoms with E-state index in [0.717, 1.165) is 11.1 Å². The van der Waals surface area contributed by atoms with Crippen molar-refractivity contribution in [2.75, 3.05) is 14.2 Å². The van der Waals surface area contributed by atoms with Gasteiger partial charge in [-0.2, -0.15) is 0 Å². The van der Waals surface area contributed by atoms with Gasteiger partial charge in [-0.25, -0.2) is 4.39 Å². The lowest BCUT2D eigenvalue weighted by Gasteiger charge is -2.10. The number of benzene rings is 1. The van der Waals surface area contributed by atoms with Gasteiger partial charge in [-0.3, -0.25) is 0 Å². The summed E-state index contributed by atoms with van der Waals surface area (Å²) in [6.07, 6.45) is 0. The third-order valence-corrected chi connectivity index (χ3v) is 2.02. The Bertz CT molecular complexity index is 310. The fourth-order valence-corrected chi connectivity index (χ4v) is 1.43. The molecule has 0 bridgehead atoms. The molecule has 0 heterocycles. The van der Waals surface area contributed by atoms with Crippen LogP contribution in [-0.2, 0) is 22.7 Å². The van der Waals surface area contributed by atoms with Gasteiger partial charge in [0.15, 0.2) is 0 Å². The van der Waals surface area contributed by atoms with Crippen molar-refractivity contribution in [2.45, 2.75) is 20.1 Å². The van der Waals surface area contributed by atoms with E-state index < -0.39 is 0 Å². The molecule has 1 aromatic rings. The number of aryl methyl sites for hydroxylation is 1. The second-order valence-corrected chi connectivity index (χ2v) is 3.25. The predicted octanol–water partition coefficient (Wildman–Crippen LogP) is 2.43. The van der Waals surface area contributed by atoms with Crippen molar-refractivity contribution in [3.8, 4) is 0 Å². The number of rotatable bonds is 4. The van der Waals surface area contributed by atoms with Crippen LogP contribution < -0.4 is 0 Å². The highest BCUT2D eigenvalue weighted by Crippen LogP contribution is 2.18. The van der Waals surface area contributed by atoms with Crippen LogP contribution in [0.2, 0.25) is 0 Å². The monoisotopic (exact) mass is 198 g/mol. The average Bonchev–Trinajstić information content (AvgIpc) is 2.11. The Kier molecular flexibility index (Phi) is 4.04. The highest BCUT2D eigenvalue weighted by Gasteiger charge is 2.09. The molecule has 0 aliphatic heterocycles. The minimum absolute atomic E-state index is 0.223. The predicted molar refractivity (Wildman–Crippen MR) is 52.6 cm³/mol. The second-order valence-electron chi connectivity index (χ2n) is 3.25. The van der Waals surface area contributed by atoms with E-state index in [4.69, 9.17) is 9.47 Å². The van der Waals surface area contributed by atoms with Gasteiger partial charge in [-0.05, 0) is 24.1 Å². The summed E-state index contributed by atoms with van der Waals surface area (Å²) < 4.78 is 23.4. The summed E-state index contributed by atoms with van der Waals surface area (Å²) in [6, 6.07) is 3.43. The number of methoxy groups -OCH3 is 2. The molecule has 2 nitrogen and oxygen atoms in total. The maximum atomic E-state index is 13.5. The molecule has 0 fully saturated rings. The lowest BCUT2D eigenvalue weighted by Crippen LogP contribution is -2.02. The summed E-state index contributed by atoms with van der Waals surface area (Å²) in [5.74, 6) is -0.223. The molecule has 0 aliphatic carbocycles. The van der Waals surface area contributed by atoms with Gasteiger partial charge in [0.05, 0.1) is 13.2 Å². The molecule has 78 valence electrons. The van der Waals surface area contributed by atoms with Crippen molar-refractivity contribution in [3.63, 3.8) is 0 Å². The zero-order chi connectivity index (χ0) is 10.6. The van der Waals surface area contributed by atoms with Crippen LogP contribution in [0.1, 0.15) is 16.7 Å². The van der Waals surface area contributed by atoms with Crippen LogP contribution in [0.3, 0.4) is 0 Å². The second kappa shape index (κ2) is 5.08. The number of hydrogen-bond donors (Lipinski definition) is 0.